The highest BCUT2D eigenvalue weighted by Gasteiger charge is 2.07. The topological polar surface area (TPSA) is 50.9 Å². The van der Waals surface area contributed by atoms with Gasteiger partial charge in [-0.25, -0.2) is 9.07 Å². The van der Waals surface area contributed by atoms with Crippen LogP contribution in [0.5, 0.6) is 0 Å². The first kappa shape index (κ1) is 12.0. The van der Waals surface area contributed by atoms with Crippen molar-refractivity contribution >= 4 is 11.6 Å². The lowest BCUT2D eigenvalue weighted by Crippen LogP contribution is -1.96. The van der Waals surface area contributed by atoms with Gasteiger partial charge in [0, 0.05) is 12.7 Å². The molecule has 1 N–H and O–H groups in total. The molecule has 1 aromatic carbocycles. The van der Waals surface area contributed by atoms with Crippen LogP contribution in [0.2, 0.25) is 5.02 Å². The average molecular weight is 256 g/mol. The first-order valence-electron chi connectivity index (χ1n) is 5.18. The number of nitrogens with zero attached hydrogens (tertiary/aromatic N) is 3. The van der Waals surface area contributed by atoms with Crippen LogP contribution in [-0.4, -0.2) is 26.7 Å². The Morgan fingerprint density at radius 2 is 2.24 bits per heavy atom. The molecule has 0 saturated carbocycles. The van der Waals surface area contributed by atoms with Crippen LogP contribution in [0.4, 0.5) is 4.39 Å². The fourth-order valence-electron chi connectivity index (χ4n) is 1.45. The van der Waals surface area contributed by atoms with Crippen molar-refractivity contribution in [2.75, 3.05) is 6.61 Å². The van der Waals surface area contributed by atoms with Crippen molar-refractivity contribution in [3.05, 3.63) is 40.9 Å². The zero-order chi connectivity index (χ0) is 12.3. The second-order valence-electron chi connectivity index (χ2n) is 3.58. The van der Waals surface area contributed by atoms with Crippen molar-refractivity contribution in [1.29, 1.82) is 0 Å². The van der Waals surface area contributed by atoms with Gasteiger partial charge in [0.2, 0.25) is 0 Å². The van der Waals surface area contributed by atoms with Crippen molar-refractivity contribution in [3.63, 3.8) is 0 Å². The van der Waals surface area contributed by atoms with Gasteiger partial charge in [-0.1, -0.05) is 16.8 Å². The van der Waals surface area contributed by atoms with Crippen LogP contribution in [0, 0.1) is 5.82 Å². The average Bonchev–Trinajstić information content (AvgIpc) is 2.78. The summed E-state index contributed by atoms with van der Waals surface area (Å²) in [5, 5.41) is 16.9. The van der Waals surface area contributed by atoms with Gasteiger partial charge in [0.05, 0.1) is 22.6 Å². The number of aliphatic hydroxyl groups is 1. The number of benzene rings is 1. The molecule has 0 unspecified atom stereocenters. The normalized spacial score (nSPS) is 10.8. The molecular weight excluding hydrogens is 245 g/mol. The molecule has 0 fully saturated rings. The summed E-state index contributed by atoms with van der Waals surface area (Å²) in [6.07, 6.45) is 2.93. The molecule has 0 aliphatic carbocycles. The zero-order valence-corrected chi connectivity index (χ0v) is 9.73. The highest BCUT2D eigenvalue weighted by atomic mass is 35.5. The Hall–Kier alpha value is -1.46. The quantitative estimate of drug-likeness (QED) is 0.909. The van der Waals surface area contributed by atoms with Gasteiger partial charge in [0.15, 0.2) is 0 Å². The lowest BCUT2D eigenvalue weighted by Gasteiger charge is -2.02. The Balaban J connectivity index is 2.27. The largest absolute Gasteiger partial charge is 0.396 e. The molecule has 2 aromatic rings. The first-order chi connectivity index (χ1) is 8.20. The smallest absolute Gasteiger partial charge is 0.125 e. The van der Waals surface area contributed by atoms with E-state index in [0.717, 1.165) is 5.69 Å². The van der Waals surface area contributed by atoms with Gasteiger partial charge < -0.3 is 5.11 Å². The van der Waals surface area contributed by atoms with E-state index in [-0.39, 0.29) is 12.4 Å². The molecule has 0 aliphatic rings. The van der Waals surface area contributed by atoms with Crippen molar-refractivity contribution in [2.24, 2.45) is 0 Å². The van der Waals surface area contributed by atoms with Crippen LogP contribution >= 0.6 is 11.6 Å². The molecular formula is C11H11ClFN3O. The summed E-state index contributed by atoms with van der Waals surface area (Å²) < 4.78 is 14.5. The van der Waals surface area contributed by atoms with Crippen LogP contribution in [-0.2, 0) is 6.42 Å². The maximum absolute atomic E-state index is 13.1. The van der Waals surface area contributed by atoms with Gasteiger partial charge >= 0.3 is 0 Å². The number of aryl methyl sites for hydroxylation is 1. The molecule has 17 heavy (non-hydrogen) atoms. The van der Waals surface area contributed by atoms with E-state index in [1.165, 1.54) is 22.9 Å². The third-order valence-electron chi connectivity index (χ3n) is 2.29. The van der Waals surface area contributed by atoms with E-state index < -0.39 is 0 Å². The van der Waals surface area contributed by atoms with Crippen molar-refractivity contribution < 1.29 is 9.50 Å². The highest BCUT2D eigenvalue weighted by Crippen LogP contribution is 2.20. The molecule has 0 atom stereocenters. The number of rotatable bonds is 4. The molecule has 4 nitrogen and oxygen atoms in total. The highest BCUT2D eigenvalue weighted by molar-refractivity contribution is 6.32. The molecule has 0 saturated heterocycles. The Labute approximate surface area is 103 Å². The molecule has 0 radical (unpaired) electrons. The first-order valence-corrected chi connectivity index (χ1v) is 5.56. The van der Waals surface area contributed by atoms with Crippen molar-refractivity contribution in [3.8, 4) is 5.69 Å². The van der Waals surface area contributed by atoms with Crippen molar-refractivity contribution in [1.82, 2.24) is 15.0 Å². The number of hydrogen-bond donors (Lipinski definition) is 1. The summed E-state index contributed by atoms with van der Waals surface area (Å²) >= 11 is 5.95. The molecule has 0 amide bonds. The summed E-state index contributed by atoms with van der Waals surface area (Å²) in [5.74, 6) is -0.378. The summed E-state index contributed by atoms with van der Waals surface area (Å²) in [4.78, 5) is 0. The summed E-state index contributed by atoms with van der Waals surface area (Å²) in [6, 6.07) is 4.06. The van der Waals surface area contributed by atoms with E-state index in [2.05, 4.69) is 10.3 Å². The van der Waals surface area contributed by atoms with E-state index in [9.17, 15) is 4.39 Å². The van der Waals surface area contributed by atoms with Gasteiger partial charge in [-0.15, -0.1) is 5.10 Å². The van der Waals surface area contributed by atoms with Crippen LogP contribution in [0.3, 0.4) is 0 Å². The van der Waals surface area contributed by atoms with Gasteiger partial charge in [-0.2, -0.15) is 0 Å². The fraction of sp³-hybridized carbons (Fsp3) is 0.273. The Morgan fingerprint density at radius 3 is 3.00 bits per heavy atom. The predicted octanol–water partition coefficient (Wildman–Crippen LogP) is 1.98. The molecule has 2 rings (SSSR count). The van der Waals surface area contributed by atoms with Gasteiger partial charge in [0.1, 0.15) is 5.82 Å². The molecule has 6 heteroatoms. The Kier molecular flexibility index (Phi) is 3.71. The maximum Gasteiger partial charge on any atom is 0.125 e. The zero-order valence-electron chi connectivity index (χ0n) is 8.98. The number of aliphatic hydroxyl groups excluding tert-OH is 1. The monoisotopic (exact) mass is 255 g/mol. The standard InChI is InChI=1S/C11H11ClFN3O/c12-10-4-3-8(13)6-11(10)16-7-9(14-15-16)2-1-5-17/h3-4,6-7,17H,1-2,5H2. The lowest BCUT2D eigenvalue weighted by atomic mass is 10.2. The SMILES string of the molecule is OCCCc1cn(-c2cc(F)ccc2Cl)nn1. The van der Waals surface area contributed by atoms with Gasteiger partial charge in [-0.3, -0.25) is 0 Å². The van der Waals surface area contributed by atoms with Crippen LogP contribution in [0.25, 0.3) is 5.69 Å². The summed E-state index contributed by atoms with van der Waals surface area (Å²) in [6.45, 7) is 0.105. The second kappa shape index (κ2) is 5.25. The number of halogens is 2. The fourth-order valence-corrected chi connectivity index (χ4v) is 1.66. The Bertz CT molecular complexity index is 515. The van der Waals surface area contributed by atoms with Crippen LogP contribution < -0.4 is 0 Å². The third-order valence-corrected chi connectivity index (χ3v) is 2.61. The van der Waals surface area contributed by atoms with E-state index in [1.807, 2.05) is 0 Å². The second-order valence-corrected chi connectivity index (χ2v) is 3.98. The minimum absolute atomic E-state index is 0.105. The van der Waals surface area contributed by atoms with E-state index in [1.54, 1.807) is 6.20 Å². The van der Waals surface area contributed by atoms with E-state index in [0.29, 0.717) is 23.6 Å². The maximum atomic E-state index is 13.1. The van der Waals surface area contributed by atoms with Crippen LogP contribution in [0.15, 0.2) is 24.4 Å². The lowest BCUT2D eigenvalue weighted by molar-refractivity contribution is 0.288. The number of hydrogen-bond acceptors (Lipinski definition) is 3. The molecule has 90 valence electrons. The molecule has 0 bridgehead atoms. The number of aromatic nitrogens is 3. The molecule has 1 heterocycles. The minimum atomic E-state index is -0.378. The van der Waals surface area contributed by atoms with Crippen LogP contribution in [0.1, 0.15) is 12.1 Å². The summed E-state index contributed by atoms with van der Waals surface area (Å²) in [5.41, 5.74) is 1.19. The van der Waals surface area contributed by atoms with Crippen molar-refractivity contribution in [2.45, 2.75) is 12.8 Å². The molecule has 0 aliphatic heterocycles. The molecule has 1 aromatic heterocycles. The minimum Gasteiger partial charge on any atom is -0.396 e. The van der Waals surface area contributed by atoms with E-state index in [4.69, 9.17) is 16.7 Å². The predicted molar refractivity (Wildman–Crippen MR) is 61.7 cm³/mol. The van der Waals surface area contributed by atoms with Gasteiger partial charge in [-0.05, 0) is 25.0 Å². The van der Waals surface area contributed by atoms with Gasteiger partial charge in [0.25, 0.3) is 0 Å². The third kappa shape index (κ3) is 2.81. The Morgan fingerprint density at radius 1 is 1.41 bits per heavy atom. The van der Waals surface area contributed by atoms with E-state index >= 15 is 0 Å². The summed E-state index contributed by atoms with van der Waals surface area (Å²) in [7, 11) is 0. The molecule has 0 spiro atoms.